The van der Waals surface area contributed by atoms with Gasteiger partial charge in [-0.15, -0.1) is 0 Å². The Morgan fingerprint density at radius 2 is 1.95 bits per heavy atom. The molecule has 2 fully saturated rings. The maximum absolute atomic E-state index is 12.0. The Hall–Kier alpha value is -3.41. The Morgan fingerprint density at radius 1 is 1.16 bits per heavy atom. The van der Waals surface area contributed by atoms with Gasteiger partial charge in [-0.1, -0.05) is 24.1 Å². The number of rotatable bonds is 6. The molecule has 14 nitrogen and oxygen atoms in total. The maximum Gasteiger partial charge on any atom is 0.469 e. The van der Waals surface area contributed by atoms with Crippen LogP contribution in [0.4, 0.5) is 10.6 Å². The lowest BCUT2D eigenvalue weighted by Crippen LogP contribution is -2.31. The van der Waals surface area contributed by atoms with E-state index < -0.39 is 51.3 Å². The highest BCUT2D eigenvalue weighted by Gasteiger charge is 2.54. The molecule has 2 aliphatic heterocycles. The summed E-state index contributed by atoms with van der Waals surface area (Å²) < 4.78 is 35.6. The fourth-order valence-corrected chi connectivity index (χ4v) is 4.38. The number of amides is 2. The van der Waals surface area contributed by atoms with Gasteiger partial charge in [-0.25, -0.2) is 24.3 Å². The van der Waals surface area contributed by atoms with Gasteiger partial charge in [0.1, 0.15) is 24.6 Å². The zero-order valence-corrected chi connectivity index (χ0v) is 20.3. The van der Waals surface area contributed by atoms with E-state index in [1.807, 2.05) is 30.3 Å². The summed E-state index contributed by atoms with van der Waals surface area (Å²) in [6.07, 6.45) is -1.43. The van der Waals surface area contributed by atoms with Gasteiger partial charge in [-0.05, 0) is 25.0 Å². The van der Waals surface area contributed by atoms with Crippen LogP contribution in [0.2, 0.25) is 0 Å². The summed E-state index contributed by atoms with van der Waals surface area (Å²) in [6, 6.07) is 8.83. The number of ether oxygens (including phenoxy) is 3. The van der Waals surface area contributed by atoms with Crippen molar-refractivity contribution in [3.05, 3.63) is 48.5 Å². The number of hydrogen-bond acceptors (Lipinski definition) is 9. The summed E-state index contributed by atoms with van der Waals surface area (Å²) in [7, 11) is -4.76. The van der Waals surface area contributed by atoms with Crippen LogP contribution in [0.5, 0.6) is 0 Å². The molecule has 0 spiro atoms. The van der Waals surface area contributed by atoms with E-state index in [1.165, 1.54) is 12.7 Å². The molecule has 0 bridgehead atoms. The predicted octanol–water partition coefficient (Wildman–Crippen LogP) is 1.14. The topological polar surface area (TPSA) is 179 Å². The third-order valence-corrected chi connectivity index (χ3v) is 6.05. The molecule has 2 saturated heterocycles. The lowest BCUT2D eigenvalue weighted by Gasteiger charge is -2.20. The van der Waals surface area contributed by atoms with Crippen LogP contribution in [-0.4, -0.2) is 73.1 Å². The van der Waals surface area contributed by atoms with Crippen molar-refractivity contribution in [1.29, 1.82) is 0 Å². The maximum atomic E-state index is 12.0. The zero-order valence-electron chi connectivity index (χ0n) is 19.4. The summed E-state index contributed by atoms with van der Waals surface area (Å²) in [6.45, 7) is 1.76. The molecule has 5 atom stereocenters. The summed E-state index contributed by atoms with van der Waals surface area (Å²) in [4.78, 5) is 43.1. The number of fused-ring (bicyclic) bond motifs is 2. The van der Waals surface area contributed by atoms with Gasteiger partial charge < -0.3 is 29.3 Å². The molecule has 37 heavy (non-hydrogen) atoms. The van der Waals surface area contributed by atoms with E-state index in [2.05, 4.69) is 37.4 Å². The van der Waals surface area contributed by atoms with Gasteiger partial charge in [0.05, 0.1) is 12.9 Å². The highest BCUT2D eigenvalue weighted by atomic mass is 31.2. The van der Waals surface area contributed by atoms with Crippen molar-refractivity contribution < 1.29 is 37.9 Å². The Kier molecular flexibility index (Phi) is 7.18. The SMILES string of the molecule is CCNC(=O)Nc1ncnc2c1ncn2[C@@H]1O[C@H](COP(=O)(O)O)C2OC(C#Cc3ccccc3)O[C@@H]21. The molecule has 0 aliphatic carbocycles. The monoisotopic (exact) mass is 530 g/mol. The van der Waals surface area contributed by atoms with Gasteiger partial charge in [-0.2, -0.15) is 0 Å². The molecular formula is C22H23N6O8P. The molecule has 4 N–H and O–H groups in total. The molecule has 3 aromatic rings. The van der Waals surface area contributed by atoms with Crippen LogP contribution in [0.3, 0.4) is 0 Å². The fraction of sp³-hybridized carbons (Fsp3) is 0.364. The second kappa shape index (κ2) is 10.5. The van der Waals surface area contributed by atoms with E-state index >= 15 is 0 Å². The van der Waals surface area contributed by atoms with Crippen LogP contribution in [0, 0.1) is 11.8 Å². The number of imidazole rings is 1. The van der Waals surface area contributed by atoms with Crippen molar-refractivity contribution in [3.63, 3.8) is 0 Å². The number of nitrogens with zero attached hydrogens (tertiary/aromatic N) is 4. The highest BCUT2D eigenvalue weighted by molar-refractivity contribution is 7.46. The lowest BCUT2D eigenvalue weighted by molar-refractivity contribution is -0.129. The normalized spacial score (nSPS) is 24.9. The molecule has 5 rings (SSSR count). The van der Waals surface area contributed by atoms with Gasteiger partial charge in [0.15, 0.2) is 23.2 Å². The van der Waals surface area contributed by atoms with Crippen molar-refractivity contribution in [3.8, 4) is 11.8 Å². The van der Waals surface area contributed by atoms with E-state index in [0.717, 1.165) is 5.56 Å². The molecule has 1 aromatic carbocycles. The molecule has 2 aliphatic rings. The van der Waals surface area contributed by atoms with Crippen molar-refractivity contribution in [1.82, 2.24) is 24.8 Å². The van der Waals surface area contributed by atoms with Crippen molar-refractivity contribution >= 4 is 30.8 Å². The van der Waals surface area contributed by atoms with Crippen LogP contribution in [0.15, 0.2) is 43.0 Å². The number of hydrogen-bond donors (Lipinski definition) is 4. The third-order valence-electron chi connectivity index (χ3n) is 5.56. The molecular weight excluding hydrogens is 507 g/mol. The van der Waals surface area contributed by atoms with E-state index in [-0.39, 0.29) is 5.82 Å². The average molecular weight is 530 g/mol. The first-order valence-corrected chi connectivity index (χ1v) is 12.8. The van der Waals surface area contributed by atoms with Crippen molar-refractivity contribution in [2.75, 3.05) is 18.5 Å². The second-order valence-corrected chi connectivity index (χ2v) is 9.29. The van der Waals surface area contributed by atoms with E-state index in [4.69, 9.17) is 18.7 Å². The van der Waals surface area contributed by atoms with E-state index in [0.29, 0.717) is 17.7 Å². The number of anilines is 1. The predicted molar refractivity (Wildman–Crippen MR) is 127 cm³/mol. The number of urea groups is 1. The highest BCUT2D eigenvalue weighted by Crippen LogP contribution is 2.43. The Bertz CT molecular complexity index is 1390. The minimum atomic E-state index is -4.76. The van der Waals surface area contributed by atoms with Gasteiger partial charge in [0.25, 0.3) is 0 Å². The number of nitrogens with one attached hydrogen (secondary N) is 2. The minimum absolute atomic E-state index is 0.195. The van der Waals surface area contributed by atoms with Crippen molar-refractivity contribution in [2.24, 2.45) is 0 Å². The molecule has 2 aromatic heterocycles. The Balaban J connectivity index is 1.42. The second-order valence-electron chi connectivity index (χ2n) is 8.05. The molecule has 4 heterocycles. The van der Waals surface area contributed by atoms with E-state index in [9.17, 15) is 19.1 Å². The number of carbonyl (C=O) groups excluding carboxylic acids is 1. The largest absolute Gasteiger partial charge is 0.469 e. The molecule has 15 heteroatoms. The standard InChI is InChI=1S/C22H23N6O8P/c1-2-23-22(29)27-19-16-20(25-11-24-19)28(12-26-16)21-18-17(14(34-21)10-33-37(30,31)32)35-15(36-18)9-8-13-6-4-3-5-7-13/h3-7,11-12,14-15,17-18,21H,2,10H2,1H3,(H2,30,31,32)(H2,23,24,25,27,29)/t14-,15?,17?,18+,21-/m1/s1. The quantitative estimate of drug-likeness (QED) is 0.265. The molecule has 0 saturated carbocycles. The molecule has 2 amide bonds. The summed E-state index contributed by atoms with van der Waals surface area (Å²) >= 11 is 0. The number of benzene rings is 1. The Labute approximate surface area is 210 Å². The third kappa shape index (κ3) is 5.63. The lowest BCUT2D eigenvalue weighted by atomic mass is 10.1. The number of phosphoric acid groups is 1. The van der Waals surface area contributed by atoms with Gasteiger partial charge >= 0.3 is 13.9 Å². The number of phosphoric ester groups is 1. The van der Waals surface area contributed by atoms with Gasteiger partial charge in [0.2, 0.25) is 6.29 Å². The van der Waals surface area contributed by atoms with Crippen LogP contribution in [-0.2, 0) is 23.3 Å². The van der Waals surface area contributed by atoms with E-state index in [1.54, 1.807) is 11.5 Å². The smallest absolute Gasteiger partial charge is 0.347 e. The van der Waals surface area contributed by atoms with Crippen LogP contribution >= 0.6 is 7.82 Å². The van der Waals surface area contributed by atoms with Gasteiger partial charge in [-0.3, -0.25) is 14.4 Å². The first kappa shape index (κ1) is 25.2. The number of carbonyl (C=O) groups is 1. The molecule has 0 radical (unpaired) electrons. The summed E-state index contributed by atoms with van der Waals surface area (Å²) in [5.74, 6) is 6.09. The zero-order chi connectivity index (χ0) is 26.0. The van der Waals surface area contributed by atoms with Crippen molar-refractivity contribution in [2.45, 2.75) is 37.8 Å². The Morgan fingerprint density at radius 3 is 2.70 bits per heavy atom. The van der Waals surface area contributed by atoms with Crippen LogP contribution < -0.4 is 10.6 Å². The first-order valence-electron chi connectivity index (χ1n) is 11.3. The number of aromatic nitrogens is 4. The average Bonchev–Trinajstić information content (AvgIpc) is 3.56. The first-order chi connectivity index (χ1) is 17.8. The van der Waals surface area contributed by atoms with Gasteiger partial charge in [0, 0.05) is 12.1 Å². The molecule has 2 unspecified atom stereocenters. The fourth-order valence-electron chi connectivity index (χ4n) is 4.04. The summed E-state index contributed by atoms with van der Waals surface area (Å²) in [5, 5.41) is 5.24. The molecule has 194 valence electrons. The minimum Gasteiger partial charge on any atom is -0.347 e. The van der Waals surface area contributed by atoms with Crippen LogP contribution in [0.1, 0.15) is 18.7 Å². The van der Waals surface area contributed by atoms with Crippen LogP contribution in [0.25, 0.3) is 11.2 Å². The summed E-state index contributed by atoms with van der Waals surface area (Å²) in [5.41, 5.74) is 1.41.